The van der Waals surface area contributed by atoms with Crippen LogP contribution in [-0.2, 0) is 0 Å². The maximum atomic E-state index is 5.68. The molecule has 0 bridgehead atoms. The molecule has 1 aliphatic rings. The largest absolute Gasteiger partial charge is 0.365 e. The first-order valence-electron chi connectivity index (χ1n) is 4.00. The summed E-state index contributed by atoms with van der Waals surface area (Å²) in [6.45, 7) is 0. The minimum absolute atomic E-state index is 0.289. The molecule has 1 aromatic heterocycles. The van der Waals surface area contributed by atoms with Crippen molar-refractivity contribution in [3.63, 3.8) is 0 Å². The number of pyridine rings is 1. The van der Waals surface area contributed by atoms with Gasteiger partial charge in [-0.2, -0.15) is 0 Å². The van der Waals surface area contributed by atoms with E-state index in [1.165, 1.54) is 0 Å². The van der Waals surface area contributed by atoms with Crippen LogP contribution in [0, 0.1) is 0 Å². The molecule has 70 valence electrons. The summed E-state index contributed by atoms with van der Waals surface area (Å²) in [6.07, 6.45) is 2.80. The third-order valence-electron chi connectivity index (χ3n) is 1.97. The van der Waals surface area contributed by atoms with Crippen LogP contribution in [0.1, 0.15) is 6.42 Å². The second kappa shape index (κ2) is 3.55. The number of hydrogen-bond donors (Lipinski definition) is 2. The van der Waals surface area contributed by atoms with E-state index in [0.717, 1.165) is 21.2 Å². The maximum absolute atomic E-state index is 5.68. The third kappa shape index (κ3) is 2.21. The number of aromatic nitrogens is 1. The predicted molar refractivity (Wildman–Crippen MR) is 59.6 cm³/mol. The van der Waals surface area contributed by atoms with Gasteiger partial charge < -0.3 is 11.1 Å². The van der Waals surface area contributed by atoms with Gasteiger partial charge in [-0.15, -0.1) is 0 Å². The molecule has 3 nitrogen and oxygen atoms in total. The van der Waals surface area contributed by atoms with Gasteiger partial charge in [-0.05, 0) is 44.3 Å². The lowest BCUT2D eigenvalue weighted by molar-refractivity contribution is 0.994. The fourth-order valence-electron chi connectivity index (χ4n) is 1.08. The van der Waals surface area contributed by atoms with Crippen LogP contribution in [0.2, 0.25) is 0 Å². The molecular weight excluding hydrogens is 298 g/mol. The van der Waals surface area contributed by atoms with Crippen LogP contribution < -0.4 is 11.1 Å². The van der Waals surface area contributed by atoms with E-state index < -0.39 is 0 Å². The summed E-state index contributed by atoms with van der Waals surface area (Å²) in [4.78, 5) is 4.23. The Morgan fingerprint density at radius 3 is 2.77 bits per heavy atom. The van der Waals surface area contributed by atoms with Crippen molar-refractivity contribution in [2.75, 3.05) is 5.32 Å². The number of nitrogens with one attached hydrogen (secondary N) is 1. The Kier molecular flexibility index (Phi) is 2.58. The SMILES string of the molecule is NC1CC1Nc1ncc(Br)cc1Br. The van der Waals surface area contributed by atoms with Crippen LogP contribution in [0.15, 0.2) is 21.2 Å². The van der Waals surface area contributed by atoms with Gasteiger partial charge in [0.15, 0.2) is 0 Å². The Hall–Kier alpha value is -0.130. The van der Waals surface area contributed by atoms with Crippen molar-refractivity contribution in [1.82, 2.24) is 4.98 Å². The average molecular weight is 307 g/mol. The molecule has 5 heteroatoms. The number of nitrogens with two attached hydrogens (primary N) is 1. The Morgan fingerprint density at radius 1 is 1.54 bits per heavy atom. The summed E-state index contributed by atoms with van der Waals surface area (Å²) in [5, 5.41) is 3.26. The van der Waals surface area contributed by atoms with Gasteiger partial charge in [-0.25, -0.2) is 4.98 Å². The van der Waals surface area contributed by atoms with E-state index >= 15 is 0 Å². The lowest BCUT2D eigenvalue weighted by atomic mass is 10.4. The molecule has 13 heavy (non-hydrogen) atoms. The van der Waals surface area contributed by atoms with E-state index in [2.05, 4.69) is 42.2 Å². The number of rotatable bonds is 2. The summed E-state index contributed by atoms with van der Waals surface area (Å²) in [7, 11) is 0. The summed E-state index contributed by atoms with van der Waals surface area (Å²) in [5.41, 5.74) is 5.68. The highest BCUT2D eigenvalue weighted by Crippen LogP contribution is 2.28. The van der Waals surface area contributed by atoms with Crippen molar-refractivity contribution >= 4 is 37.7 Å². The summed E-state index contributed by atoms with van der Waals surface area (Å²) in [6, 6.07) is 2.64. The third-order valence-corrected chi connectivity index (χ3v) is 3.01. The first-order valence-corrected chi connectivity index (χ1v) is 5.58. The van der Waals surface area contributed by atoms with Gasteiger partial charge in [0.2, 0.25) is 0 Å². The van der Waals surface area contributed by atoms with Crippen molar-refractivity contribution in [3.05, 3.63) is 21.2 Å². The van der Waals surface area contributed by atoms with Gasteiger partial charge in [0, 0.05) is 22.8 Å². The zero-order valence-corrected chi connectivity index (χ0v) is 9.97. The Morgan fingerprint density at radius 2 is 2.23 bits per heavy atom. The lowest BCUT2D eigenvalue weighted by Crippen LogP contribution is -2.14. The van der Waals surface area contributed by atoms with Gasteiger partial charge in [-0.1, -0.05) is 0 Å². The van der Waals surface area contributed by atoms with E-state index in [1.54, 1.807) is 6.20 Å². The first-order chi connectivity index (χ1) is 6.16. The standard InChI is InChI=1S/C8H9Br2N3/c9-4-1-5(10)8(12-3-4)13-7-2-6(7)11/h1,3,6-7H,2,11H2,(H,12,13). The van der Waals surface area contributed by atoms with Crippen molar-refractivity contribution in [1.29, 1.82) is 0 Å². The normalized spacial score (nSPS) is 25.8. The van der Waals surface area contributed by atoms with Gasteiger partial charge in [0.1, 0.15) is 5.82 Å². The van der Waals surface area contributed by atoms with Crippen LogP contribution >= 0.6 is 31.9 Å². The van der Waals surface area contributed by atoms with Gasteiger partial charge in [-0.3, -0.25) is 0 Å². The van der Waals surface area contributed by atoms with Crippen molar-refractivity contribution in [2.24, 2.45) is 5.73 Å². The number of halogens is 2. The highest BCUT2D eigenvalue weighted by Gasteiger charge is 2.33. The summed E-state index contributed by atoms with van der Waals surface area (Å²) in [5.74, 6) is 0.862. The molecule has 1 saturated carbocycles. The average Bonchev–Trinajstić information content (AvgIpc) is 2.73. The maximum Gasteiger partial charge on any atom is 0.140 e. The van der Waals surface area contributed by atoms with E-state index in [4.69, 9.17) is 5.73 Å². The number of anilines is 1. The topological polar surface area (TPSA) is 50.9 Å². The number of nitrogens with zero attached hydrogens (tertiary/aromatic N) is 1. The van der Waals surface area contributed by atoms with Crippen LogP contribution in [0.4, 0.5) is 5.82 Å². The molecule has 2 rings (SSSR count). The van der Waals surface area contributed by atoms with Crippen molar-refractivity contribution in [2.45, 2.75) is 18.5 Å². The fourth-order valence-corrected chi connectivity index (χ4v) is 2.18. The molecule has 2 unspecified atom stereocenters. The van der Waals surface area contributed by atoms with Gasteiger partial charge in [0.05, 0.1) is 4.47 Å². The molecule has 0 saturated heterocycles. The monoisotopic (exact) mass is 305 g/mol. The molecule has 1 heterocycles. The first kappa shape index (κ1) is 9.43. The molecule has 3 N–H and O–H groups in total. The summed E-state index contributed by atoms with van der Waals surface area (Å²) < 4.78 is 1.92. The lowest BCUT2D eigenvalue weighted by Gasteiger charge is -2.05. The number of hydrogen-bond acceptors (Lipinski definition) is 3. The minimum Gasteiger partial charge on any atom is -0.365 e. The predicted octanol–water partition coefficient (Wildman–Crippen LogP) is 2.12. The second-order valence-corrected chi connectivity index (χ2v) is 4.90. The molecule has 0 amide bonds. The van der Waals surface area contributed by atoms with E-state index in [9.17, 15) is 0 Å². The molecular formula is C8H9Br2N3. The van der Waals surface area contributed by atoms with Crippen LogP contribution in [0.3, 0.4) is 0 Å². The fraction of sp³-hybridized carbons (Fsp3) is 0.375. The molecule has 0 aliphatic heterocycles. The van der Waals surface area contributed by atoms with E-state index in [-0.39, 0.29) is 6.04 Å². The molecule has 1 aromatic rings. The van der Waals surface area contributed by atoms with Crippen LogP contribution in [0.5, 0.6) is 0 Å². The minimum atomic E-state index is 0.289. The highest BCUT2D eigenvalue weighted by atomic mass is 79.9. The summed E-state index contributed by atoms with van der Waals surface area (Å²) >= 11 is 6.77. The van der Waals surface area contributed by atoms with Gasteiger partial charge >= 0.3 is 0 Å². The van der Waals surface area contributed by atoms with Gasteiger partial charge in [0.25, 0.3) is 0 Å². The zero-order valence-electron chi connectivity index (χ0n) is 6.80. The van der Waals surface area contributed by atoms with Crippen molar-refractivity contribution < 1.29 is 0 Å². The quantitative estimate of drug-likeness (QED) is 0.880. The van der Waals surface area contributed by atoms with Crippen molar-refractivity contribution in [3.8, 4) is 0 Å². The molecule has 1 fully saturated rings. The second-order valence-electron chi connectivity index (χ2n) is 3.13. The van der Waals surface area contributed by atoms with Crippen LogP contribution in [0.25, 0.3) is 0 Å². The van der Waals surface area contributed by atoms with E-state index in [1.807, 2.05) is 6.07 Å². The van der Waals surface area contributed by atoms with Crippen LogP contribution in [-0.4, -0.2) is 17.1 Å². The molecule has 1 aliphatic carbocycles. The Labute approximate surface area is 93.4 Å². The zero-order chi connectivity index (χ0) is 9.42. The molecule has 0 spiro atoms. The Bertz CT molecular complexity index is 329. The molecule has 2 atom stereocenters. The van der Waals surface area contributed by atoms with E-state index in [0.29, 0.717) is 6.04 Å². The highest BCUT2D eigenvalue weighted by molar-refractivity contribution is 9.11. The smallest absolute Gasteiger partial charge is 0.140 e. The molecule has 0 radical (unpaired) electrons. The molecule has 0 aromatic carbocycles. The Balaban J connectivity index is 2.11.